The zero-order valence-corrected chi connectivity index (χ0v) is 16.2. The average molecular weight is 380 g/mol. The molecule has 0 amide bonds. The van der Waals surface area contributed by atoms with Crippen LogP contribution >= 0.6 is 11.3 Å². The van der Waals surface area contributed by atoms with Gasteiger partial charge in [0, 0.05) is 11.8 Å². The Morgan fingerprint density at radius 2 is 1.85 bits per heavy atom. The van der Waals surface area contributed by atoms with Crippen LogP contribution in [0.25, 0.3) is 10.7 Å². The van der Waals surface area contributed by atoms with E-state index in [1.807, 2.05) is 30.3 Å². The van der Waals surface area contributed by atoms with Crippen molar-refractivity contribution in [1.82, 2.24) is 9.97 Å². The first kappa shape index (κ1) is 18.9. The highest BCUT2D eigenvalue weighted by atomic mass is 32.1. The number of aromatic nitrogens is 2. The summed E-state index contributed by atoms with van der Waals surface area (Å²) in [6.45, 7) is 5.63. The molecule has 1 aromatic carbocycles. The molecule has 0 N–H and O–H groups in total. The van der Waals surface area contributed by atoms with Gasteiger partial charge in [0.25, 0.3) is 0 Å². The second-order valence-electron chi connectivity index (χ2n) is 6.42. The molecule has 0 unspecified atom stereocenters. The van der Waals surface area contributed by atoms with E-state index in [1.54, 1.807) is 25.3 Å². The number of hydrogen-bond acceptors (Lipinski definition) is 6. The van der Waals surface area contributed by atoms with Gasteiger partial charge in [-0.25, -0.2) is 9.78 Å². The molecule has 2 aromatic heterocycles. The molecule has 3 rings (SSSR count). The van der Waals surface area contributed by atoms with Crippen LogP contribution < -0.4 is 0 Å². The Balaban J connectivity index is 1.65. The van der Waals surface area contributed by atoms with E-state index in [0.29, 0.717) is 32.8 Å². The number of thiazole rings is 1. The normalized spacial score (nSPS) is 10.8. The molecule has 0 aliphatic rings. The molecule has 2 heterocycles. The summed E-state index contributed by atoms with van der Waals surface area (Å²) in [6, 6.07) is 12.9. The largest absolute Gasteiger partial charge is 0.453 e. The first-order valence-corrected chi connectivity index (χ1v) is 9.46. The fourth-order valence-electron chi connectivity index (χ4n) is 2.52. The monoisotopic (exact) mass is 380 g/mol. The van der Waals surface area contributed by atoms with Crippen molar-refractivity contribution in [3.63, 3.8) is 0 Å². The maximum absolute atomic E-state index is 12.4. The molecule has 138 valence electrons. The van der Waals surface area contributed by atoms with Crippen molar-refractivity contribution < 1.29 is 14.3 Å². The minimum atomic E-state index is -0.542. The number of aryl methyl sites for hydroxylation is 1. The second kappa shape index (κ2) is 8.22. The Morgan fingerprint density at radius 1 is 1.11 bits per heavy atom. The molecule has 0 atom stereocenters. The number of rotatable bonds is 6. The zero-order valence-electron chi connectivity index (χ0n) is 15.4. The van der Waals surface area contributed by atoms with Crippen molar-refractivity contribution in [2.24, 2.45) is 0 Å². The van der Waals surface area contributed by atoms with Crippen LogP contribution in [0.2, 0.25) is 0 Å². The van der Waals surface area contributed by atoms with Gasteiger partial charge in [0.05, 0.1) is 11.4 Å². The topological polar surface area (TPSA) is 69.2 Å². The predicted molar refractivity (Wildman–Crippen MR) is 105 cm³/mol. The zero-order chi connectivity index (χ0) is 19.4. The summed E-state index contributed by atoms with van der Waals surface area (Å²) in [5, 5.41) is 0.649. The highest BCUT2D eigenvalue weighted by Crippen LogP contribution is 2.27. The third-order valence-electron chi connectivity index (χ3n) is 4.10. The molecule has 0 bridgehead atoms. The van der Waals surface area contributed by atoms with E-state index < -0.39 is 5.97 Å². The molecule has 5 nitrogen and oxygen atoms in total. The van der Waals surface area contributed by atoms with Crippen LogP contribution in [0.5, 0.6) is 0 Å². The van der Waals surface area contributed by atoms with Gasteiger partial charge in [-0.3, -0.25) is 9.78 Å². The van der Waals surface area contributed by atoms with Crippen molar-refractivity contribution in [3.8, 4) is 10.7 Å². The van der Waals surface area contributed by atoms with Crippen LogP contribution in [0.15, 0.2) is 48.7 Å². The third-order valence-corrected chi connectivity index (χ3v) is 5.26. The van der Waals surface area contributed by atoms with Gasteiger partial charge in [-0.15, -0.1) is 11.3 Å². The van der Waals surface area contributed by atoms with Crippen molar-refractivity contribution in [3.05, 3.63) is 70.4 Å². The van der Waals surface area contributed by atoms with Crippen LogP contribution in [0.3, 0.4) is 0 Å². The Bertz CT molecular complexity index is 947. The summed E-state index contributed by atoms with van der Waals surface area (Å²) in [5.74, 6) is -0.375. The number of pyridine rings is 1. The quantitative estimate of drug-likeness (QED) is 0.459. The summed E-state index contributed by atoms with van der Waals surface area (Å²) in [5.41, 5.74) is 2.96. The fraction of sp³-hybridized carbons (Fsp3) is 0.238. The molecule has 0 saturated carbocycles. The maximum Gasteiger partial charge on any atom is 0.350 e. The lowest BCUT2D eigenvalue weighted by Crippen LogP contribution is -2.14. The molecule has 0 radical (unpaired) electrons. The predicted octanol–water partition coefficient (Wildman–Crippen LogP) is 4.68. The second-order valence-corrected chi connectivity index (χ2v) is 7.42. The van der Waals surface area contributed by atoms with E-state index in [1.165, 1.54) is 11.3 Å². The van der Waals surface area contributed by atoms with Crippen molar-refractivity contribution >= 4 is 23.1 Å². The molecule has 0 saturated heterocycles. The van der Waals surface area contributed by atoms with Crippen molar-refractivity contribution in [2.75, 3.05) is 6.61 Å². The van der Waals surface area contributed by atoms with E-state index in [4.69, 9.17) is 4.74 Å². The van der Waals surface area contributed by atoms with Gasteiger partial charge >= 0.3 is 5.97 Å². The number of carbonyl (C=O) groups excluding carboxylic acids is 2. The lowest BCUT2D eigenvalue weighted by Gasteiger charge is -2.07. The third kappa shape index (κ3) is 4.46. The van der Waals surface area contributed by atoms with Gasteiger partial charge in [0.1, 0.15) is 9.88 Å². The fourth-order valence-corrected chi connectivity index (χ4v) is 3.46. The maximum atomic E-state index is 12.4. The van der Waals surface area contributed by atoms with E-state index in [0.717, 1.165) is 5.56 Å². The first-order chi connectivity index (χ1) is 13.0. The summed E-state index contributed by atoms with van der Waals surface area (Å²) in [6.07, 6.45) is 1.67. The Hall–Kier alpha value is -2.86. The van der Waals surface area contributed by atoms with E-state index in [2.05, 4.69) is 23.8 Å². The number of esters is 1. The standard InChI is InChI=1S/C21H20N2O3S/c1-13(2)15-7-9-16(10-8-15)18(24)12-26-21(25)19-14(3)23-20(27-19)17-6-4-5-11-22-17/h4-11,13H,12H2,1-3H3. The Labute approximate surface area is 162 Å². The molecule has 27 heavy (non-hydrogen) atoms. The molecule has 0 spiro atoms. The van der Waals surface area contributed by atoms with Gasteiger partial charge in [-0.2, -0.15) is 0 Å². The number of nitrogens with zero attached hydrogens (tertiary/aromatic N) is 2. The lowest BCUT2D eigenvalue weighted by molar-refractivity contribution is 0.0478. The highest BCUT2D eigenvalue weighted by molar-refractivity contribution is 7.17. The van der Waals surface area contributed by atoms with Gasteiger partial charge < -0.3 is 4.74 Å². The van der Waals surface area contributed by atoms with E-state index >= 15 is 0 Å². The van der Waals surface area contributed by atoms with Crippen LogP contribution in [0.1, 0.15) is 51.1 Å². The van der Waals surface area contributed by atoms with Crippen LogP contribution in [-0.2, 0) is 4.74 Å². The van der Waals surface area contributed by atoms with Crippen LogP contribution in [-0.4, -0.2) is 28.3 Å². The molecule has 0 aliphatic carbocycles. The van der Waals surface area contributed by atoms with Crippen molar-refractivity contribution in [1.29, 1.82) is 0 Å². The van der Waals surface area contributed by atoms with Gasteiger partial charge in [-0.1, -0.05) is 44.2 Å². The molecule has 6 heteroatoms. The number of hydrogen-bond donors (Lipinski definition) is 0. The minimum absolute atomic E-state index is 0.231. The molecule has 0 fully saturated rings. The minimum Gasteiger partial charge on any atom is -0.453 e. The Morgan fingerprint density at radius 3 is 2.48 bits per heavy atom. The van der Waals surface area contributed by atoms with E-state index in [9.17, 15) is 9.59 Å². The van der Waals surface area contributed by atoms with E-state index in [-0.39, 0.29) is 12.4 Å². The smallest absolute Gasteiger partial charge is 0.350 e. The highest BCUT2D eigenvalue weighted by Gasteiger charge is 2.19. The molecule has 0 aliphatic heterocycles. The van der Waals surface area contributed by atoms with Crippen LogP contribution in [0, 0.1) is 6.92 Å². The molecular formula is C21H20N2O3S. The first-order valence-electron chi connectivity index (χ1n) is 8.65. The lowest BCUT2D eigenvalue weighted by atomic mass is 10.0. The number of ether oxygens (including phenoxy) is 1. The molecular weight excluding hydrogens is 360 g/mol. The van der Waals surface area contributed by atoms with Gasteiger partial charge in [0.2, 0.25) is 0 Å². The Kier molecular flexibility index (Phi) is 5.76. The SMILES string of the molecule is Cc1nc(-c2ccccn2)sc1C(=O)OCC(=O)c1ccc(C(C)C)cc1. The van der Waals surface area contributed by atoms with Crippen molar-refractivity contribution in [2.45, 2.75) is 26.7 Å². The van der Waals surface area contributed by atoms with Crippen LogP contribution in [0.4, 0.5) is 0 Å². The molecule has 3 aromatic rings. The number of Topliss-reactive ketones (excluding diaryl/α,β-unsaturated/α-hetero) is 1. The summed E-state index contributed by atoms with van der Waals surface area (Å²) in [7, 11) is 0. The summed E-state index contributed by atoms with van der Waals surface area (Å²) < 4.78 is 5.21. The average Bonchev–Trinajstić information content (AvgIpc) is 3.08. The number of carbonyl (C=O) groups is 2. The van der Waals surface area contributed by atoms with Gasteiger partial charge in [0.15, 0.2) is 12.4 Å². The summed E-state index contributed by atoms with van der Waals surface area (Å²) in [4.78, 5) is 33.6. The summed E-state index contributed by atoms with van der Waals surface area (Å²) >= 11 is 1.21. The number of benzene rings is 1. The number of ketones is 1. The van der Waals surface area contributed by atoms with Gasteiger partial charge in [-0.05, 0) is 30.5 Å².